The van der Waals surface area contributed by atoms with Crippen molar-refractivity contribution in [3.63, 3.8) is 0 Å². The Morgan fingerprint density at radius 2 is 0.807 bits per heavy atom. The summed E-state index contributed by atoms with van der Waals surface area (Å²) in [7, 11) is 0. The standard InChI is InChI=1S/C55H42N2/c1-39-11-10-16-51(37-39)57-54-18-9-8-17-52(54)53-38-47(29-36-55(53)57)46-21-19-42(20-22-46)45-27-34-50(35-28-45)56(48-30-23-43(24-31-48)40-12-4-2-5-13-40)49-32-25-44(26-33-49)41-14-6-3-7-15-41/h2-10,12-39H,11H2,1H3. The zero-order valence-electron chi connectivity index (χ0n) is 32.0. The van der Waals surface area contributed by atoms with E-state index in [9.17, 15) is 0 Å². The van der Waals surface area contributed by atoms with Gasteiger partial charge in [0, 0.05) is 33.5 Å². The minimum atomic E-state index is 0.532. The summed E-state index contributed by atoms with van der Waals surface area (Å²) in [5, 5.41) is 2.57. The number of hydrogen-bond donors (Lipinski definition) is 0. The Bertz CT molecular complexity index is 2800. The fourth-order valence-corrected chi connectivity index (χ4v) is 8.37. The maximum atomic E-state index is 2.42. The summed E-state index contributed by atoms with van der Waals surface area (Å²) >= 11 is 0. The molecule has 8 aromatic carbocycles. The van der Waals surface area contributed by atoms with E-state index in [1.165, 1.54) is 72.0 Å². The zero-order chi connectivity index (χ0) is 38.1. The summed E-state index contributed by atoms with van der Waals surface area (Å²) in [5.74, 6) is 0.532. The van der Waals surface area contributed by atoms with Crippen LogP contribution in [-0.2, 0) is 0 Å². The van der Waals surface area contributed by atoms with Crippen molar-refractivity contribution < 1.29 is 0 Å². The molecule has 0 saturated carbocycles. The SMILES string of the molecule is CC1C=C(n2c3ccccc3c3cc(-c4ccc(-c5ccc(N(c6ccc(-c7ccccc7)cc6)c6ccc(-c7ccccc7)cc6)cc5)cc4)ccc32)C=CC1. The van der Waals surface area contributed by atoms with E-state index in [4.69, 9.17) is 0 Å². The molecule has 9 aromatic rings. The molecular weight excluding hydrogens is 689 g/mol. The van der Waals surface area contributed by atoms with Gasteiger partial charge in [-0.2, -0.15) is 0 Å². The topological polar surface area (TPSA) is 8.17 Å². The molecule has 0 amide bonds. The Morgan fingerprint density at radius 1 is 0.404 bits per heavy atom. The first-order chi connectivity index (χ1) is 28.2. The van der Waals surface area contributed by atoms with Crippen molar-refractivity contribution in [3.05, 3.63) is 218 Å². The molecule has 0 spiro atoms. The number of para-hydroxylation sites is 1. The van der Waals surface area contributed by atoms with Gasteiger partial charge in [0.2, 0.25) is 0 Å². The number of hydrogen-bond acceptors (Lipinski definition) is 1. The third-order valence-electron chi connectivity index (χ3n) is 11.3. The third kappa shape index (κ3) is 6.66. The molecule has 2 nitrogen and oxygen atoms in total. The Morgan fingerprint density at radius 3 is 1.32 bits per heavy atom. The largest absolute Gasteiger partial charge is 0.311 e. The maximum absolute atomic E-state index is 2.42. The predicted molar refractivity (Wildman–Crippen MR) is 243 cm³/mol. The highest BCUT2D eigenvalue weighted by molar-refractivity contribution is 6.11. The second-order valence-electron chi connectivity index (χ2n) is 15.1. The van der Waals surface area contributed by atoms with Crippen LogP contribution in [0.2, 0.25) is 0 Å². The van der Waals surface area contributed by atoms with Crippen molar-refractivity contribution in [2.75, 3.05) is 4.90 Å². The quantitative estimate of drug-likeness (QED) is 0.151. The first kappa shape index (κ1) is 34.3. The van der Waals surface area contributed by atoms with Gasteiger partial charge in [0.25, 0.3) is 0 Å². The number of allylic oxidation sites excluding steroid dienone is 4. The Kier molecular flexibility index (Phi) is 8.93. The molecule has 1 heterocycles. The van der Waals surface area contributed by atoms with Crippen molar-refractivity contribution in [2.45, 2.75) is 13.3 Å². The van der Waals surface area contributed by atoms with Gasteiger partial charge in [0.05, 0.1) is 11.0 Å². The number of benzene rings is 8. The van der Waals surface area contributed by atoms with Gasteiger partial charge in [-0.15, -0.1) is 0 Å². The molecule has 10 rings (SSSR count). The maximum Gasteiger partial charge on any atom is 0.0541 e. The van der Waals surface area contributed by atoms with Crippen LogP contribution in [0.1, 0.15) is 13.3 Å². The third-order valence-corrected chi connectivity index (χ3v) is 11.3. The van der Waals surface area contributed by atoms with Crippen molar-refractivity contribution in [1.29, 1.82) is 0 Å². The van der Waals surface area contributed by atoms with Gasteiger partial charge in [-0.05, 0) is 118 Å². The van der Waals surface area contributed by atoms with Gasteiger partial charge in [-0.25, -0.2) is 0 Å². The van der Waals surface area contributed by atoms with Crippen molar-refractivity contribution in [3.8, 4) is 44.5 Å². The molecule has 1 aromatic heterocycles. The summed E-state index contributed by atoms with van der Waals surface area (Å²) in [4.78, 5) is 2.34. The van der Waals surface area contributed by atoms with E-state index < -0.39 is 0 Å². The van der Waals surface area contributed by atoms with Gasteiger partial charge < -0.3 is 9.47 Å². The van der Waals surface area contributed by atoms with Gasteiger partial charge >= 0.3 is 0 Å². The summed E-state index contributed by atoms with van der Waals surface area (Å²) < 4.78 is 2.42. The first-order valence-electron chi connectivity index (χ1n) is 19.9. The number of nitrogens with zero attached hydrogens (tertiary/aromatic N) is 2. The summed E-state index contributed by atoms with van der Waals surface area (Å²) in [6, 6.07) is 72.5. The van der Waals surface area contributed by atoms with Crippen molar-refractivity contribution >= 4 is 44.6 Å². The second kappa shape index (κ2) is 14.8. The van der Waals surface area contributed by atoms with Crippen LogP contribution in [0.3, 0.4) is 0 Å². The number of anilines is 3. The molecule has 1 atom stereocenters. The van der Waals surface area contributed by atoms with E-state index in [0.29, 0.717) is 5.92 Å². The van der Waals surface area contributed by atoms with Crippen molar-refractivity contribution in [1.82, 2.24) is 4.57 Å². The molecule has 0 radical (unpaired) electrons. The molecule has 1 unspecified atom stereocenters. The van der Waals surface area contributed by atoms with Crippen molar-refractivity contribution in [2.24, 2.45) is 5.92 Å². The molecule has 57 heavy (non-hydrogen) atoms. The molecular formula is C55H42N2. The number of rotatable bonds is 8. The van der Waals surface area contributed by atoms with E-state index in [1.54, 1.807) is 0 Å². The van der Waals surface area contributed by atoms with E-state index in [1.807, 2.05) is 0 Å². The molecule has 0 bridgehead atoms. The van der Waals surface area contributed by atoms with Crippen LogP contribution in [-0.4, -0.2) is 4.57 Å². The number of fused-ring (bicyclic) bond motifs is 3. The van der Waals surface area contributed by atoms with E-state index in [-0.39, 0.29) is 0 Å². The van der Waals surface area contributed by atoms with Crippen LogP contribution in [0.5, 0.6) is 0 Å². The van der Waals surface area contributed by atoms with Crippen LogP contribution in [0.25, 0.3) is 72.0 Å². The summed E-state index contributed by atoms with van der Waals surface area (Å²) in [6.07, 6.45) is 8.07. The Balaban J connectivity index is 0.955. The van der Waals surface area contributed by atoms with Gasteiger partial charge in [-0.3, -0.25) is 0 Å². The zero-order valence-corrected chi connectivity index (χ0v) is 32.0. The van der Waals surface area contributed by atoms with Crippen LogP contribution >= 0.6 is 0 Å². The molecule has 2 heteroatoms. The molecule has 1 aliphatic rings. The fraction of sp³-hybridized carbons (Fsp3) is 0.0545. The average molecular weight is 731 g/mol. The second-order valence-corrected chi connectivity index (χ2v) is 15.1. The summed E-state index contributed by atoms with van der Waals surface area (Å²) in [6.45, 7) is 2.29. The molecule has 0 N–H and O–H groups in total. The normalized spacial score (nSPS) is 13.8. The van der Waals surface area contributed by atoms with Crippen LogP contribution in [0.4, 0.5) is 17.1 Å². The Hall–Kier alpha value is -7.16. The van der Waals surface area contributed by atoms with Crippen LogP contribution in [0, 0.1) is 5.92 Å². The lowest BCUT2D eigenvalue weighted by atomic mass is 9.98. The van der Waals surface area contributed by atoms with E-state index in [0.717, 1.165) is 23.5 Å². The van der Waals surface area contributed by atoms with E-state index >= 15 is 0 Å². The van der Waals surface area contributed by atoms with Gasteiger partial charge in [-0.1, -0.05) is 165 Å². The smallest absolute Gasteiger partial charge is 0.0541 e. The predicted octanol–water partition coefficient (Wildman–Crippen LogP) is 15.4. The molecule has 0 fully saturated rings. The molecule has 272 valence electrons. The van der Waals surface area contributed by atoms with Gasteiger partial charge in [0.1, 0.15) is 0 Å². The lowest BCUT2D eigenvalue weighted by Gasteiger charge is -2.26. The Labute approximate surface area is 334 Å². The average Bonchev–Trinajstić information content (AvgIpc) is 3.62. The number of aromatic nitrogens is 1. The minimum absolute atomic E-state index is 0.532. The van der Waals surface area contributed by atoms with Crippen LogP contribution < -0.4 is 4.90 Å². The lowest BCUT2D eigenvalue weighted by Crippen LogP contribution is -2.09. The highest BCUT2D eigenvalue weighted by atomic mass is 15.1. The van der Waals surface area contributed by atoms with Gasteiger partial charge in [0.15, 0.2) is 0 Å². The van der Waals surface area contributed by atoms with E-state index in [2.05, 4.69) is 235 Å². The monoisotopic (exact) mass is 730 g/mol. The van der Waals surface area contributed by atoms with Crippen LogP contribution in [0.15, 0.2) is 218 Å². The lowest BCUT2D eigenvalue weighted by molar-refractivity contribution is 0.735. The minimum Gasteiger partial charge on any atom is -0.311 e. The first-order valence-corrected chi connectivity index (χ1v) is 19.9. The fourth-order valence-electron chi connectivity index (χ4n) is 8.37. The highest BCUT2D eigenvalue weighted by Crippen LogP contribution is 2.39. The highest BCUT2D eigenvalue weighted by Gasteiger charge is 2.17. The molecule has 0 aliphatic heterocycles. The molecule has 1 aliphatic carbocycles. The summed E-state index contributed by atoms with van der Waals surface area (Å²) in [5.41, 5.74) is 16.7. The molecule has 0 saturated heterocycles.